The number of amides is 15. The number of likely N-dealkylation sites (tertiary alicyclic amines) is 1. The van der Waals surface area contributed by atoms with E-state index in [2.05, 4.69) is 120 Å². The molecule has 8 rings (SSSR count). The van der Waals surface area contributed by atoms with Gasteiger partial charge in [0.2, 0.25) is 88.6 Å². The van der Waals surface area contributed by atoms with Gasteiger partial charge in [0.25, 0.3) is 0 Å². The molecular formula is C91H127N19O26S2. The van der Waals surface area contributed by atoms with E-state index in [1.807, 2.05) is 31.3 Å². The first-order valence-electron chi connectivity index (χ1n) is 45.4. The zero-order chi connectivity index (χ0) is 101. The van der Waals surface area contributed by atoms with Gasteiger partial charge in [-0.1, -0.05) is 99.5 Å². The van der Waals surface area contributed by atoms with E-state index in [0.29, 0.717) is 54.4 Å². The van der Waals surface area contributed by atoms with Crippen LogP contribution >= 0.6 is 25.3 Å². The number of hydrogen-bond donors (Lipinski definition) is 30. The van der Waals surface area contributed by atoms with Crippen molar-refractivity contribution < 1.29 is 128 Å². The predicted molar refractivity (Wildman–Crippen MR) is 505 cm³/mol. The number of nitrogens with two attached hydrogens (primary N) is 1. The second-order valence-electron chi connectivity index (χ2n) is 34.0. The van der Waals surface area contributed by atoms with Crippen molar-refractivity contribution in [3.05, 3.63) is 137 Å². The van der Waals surface area contributed by atoms with E-state index in [-0.39, 0.29) is 68.3 Å². The van der Waals surface area contributed by atoms with Crippen molar-refractivity contribution in [1.29, 1.82) is 0 Å². The quantitative estimate of drug-likeness (QED) is 0.0125. The lowest BCUT2D eigenvalue weighted by molar-refractivity contribution is -0.145. The lowest BCUT2D eigenvalue weighted by Gasteiger charge is -2.46. The Morgan fingerprint density at radius 1 is 0.420 bits per heavy atom. The Morgan fingerprint density at radius 2 is 0.812 bits per heavy atom. The molecule has 0 radical (unpaired) electrons. The zero-order valence-electron chi connectivity index (χ0n) is 76.6. The number of fused-ring (bicyclic) bond motifs is 3. The third-order valence-electron chi connectivity index (χ3n) is 23.8. The number of rotatable bonds is 56. The smallest absolute Gasteiger partial charge is 0.328 e. The van der Waals surface area contributed by atoms with Crippen LogP contribution in [0.4, 0.5) is 0 Å². The molecule has 2 unspecified atom stereocenters. The normalized spacial score (nSPS) is 17.7. The van der Waals surface area contributed by atoms with Gasteiger partial charge < -0.3 is 147 Å². The summed E-state index contributed by atoms with van der Waals surface area (Å²) in [6, 6.07) is 0.00461. The Bertz CT molecular complexity index is 5170. The summed E-state index contributed by atoms with van der Waals surface area (Å²) in [5, 5.41) is 141. The molecule has 1 aliphatic carbocycles. The minimum atomic E-state index is -2.01. The summed E-state index contributed by atoms with van der Waals surface area (Å²) in [4.78, 5) is 233. The lowest BCUT2D eigenvalue weighted by atomic mass is 9.72. The molecule has 0 bridgehead atoms. The van der Waals surface area contributed by atoms with Gasteiger partial charge in [0.1, 0.15) is 90.3 Å². The van der Waals surface area contributed by atoms with Gasteiger partial charge in [-0.2, -0.15) is 25.3 Å². The number of piperidine rings is 1. The number of aromatic amines is 2. The number of phenolic OH excluding ortho intramolecular Hbond substituents is 1. The summed E-state index contributed by atoms with van der Waals surface area (Å²) in [6.45, 7) is 0.308. The van der Waals surface area contributed by atoms with Crippen molar-refractivity contribution in [1.82, 2.24) is 94.6 Å². The SMILES string of the molecule is CCCC[C@H](NC(=O)[C@@H](CO)NC(=O)[C@@H](CO)NC(=O)[C@@H](CO)NC(=O)[C@@H](CO)NC(=O)[C@@H](CO)NC(=O)[C@@H]1CC2c3cccc4[nH]cc(c34)CC2N(CCC)C1)C(=O)N[C@H](Cc1ccc(O)cc1)C(=O)N[C@H](CO)C(=O)N[C@@H](CS)C(=O)N[C@@H](Cc1ccccc1)C(=O)N[C@H](Cc1c[nH]c2ccccc12)C(=O)N[C@@H](CCCCN)C(=O)N[C@H](C(=O)N[C@@H](CS)C(=O)N[C@H](C(=O)O)[C@@H](C)O)[C@@H](C)O. The fourth-order valence-corrected chi connectivity index (χ4v) is 16.8. The number of aromatic hydroxyl groups is 1. The summed E-state index contributed by atoms with van der Waals surface area (Å²) in [5.41, 5.74) is 10.9. The second kappa shape index (κ2) is 54.7. The summed E-state index contributed by atoms with van der Waals surface area (Å²) < 4.78 is 0. The second-order valence-corrected chi connectivity index (χ2v) is 34.7. The lowest BCUT2D eigenvalue weighted by Crippen LogP contribution is -2.63. The largest absolute Gasteiger partial charge is 0.508 e. The summed E-state index contributed by atoms with van der Waals surface area (Å²) in [5.74, 6) is -20.1. The number of para-hydroxylation sites is 1. The van der Waals surface area contributed by atoms with Gasteiger partial charge >= 0.3 is 5.97 Å². The van der Waals surface area contributed by atoms with Gasteiger partial charge in [-0.25, -0.2) is 4.79 Å². The van der Waals surface area contributed by atoms with Gasteiger partial charge in [-0.15, -0.1) is 0 Å². The molecule has 15 amide bonds. The first-order valence-corrected chi connectivity index (χ1v) is 46.7. The van der Waals surface area contributed by atoms with Crippen LogP contribution in [0.5, 0.6) is 5.75 Å². The first kappa shape index (κ1) is 111. The van der Waals surface area contributed by atoms with Crippen LogP contribution in [0.3, 0.4) is 0 Å². The number of H-pyrrole nitrogens is 2. The third kappa shape index (κ3) is 31.0. The number of carbonyl (C=O) groups is 16. The molecule has 0 saturated carbocycles. The highest BCUT2D eigenvalue weighted by atomic mass is 32.1. The van der Waals surface area contributed by atoms with Gasteiger partial charge in [0, 0.05) is 83.5 Å². The number of nitrogens with zero attached hydrogens (tertiary/aromatic N) is 1. The Hall–Kier alpha value is -12.4. The Labute approximate surface area is 805 Å². The molecule has 0 spiro atoms. The van der Waals surface area contributed by atoms with E-state index in [9.17, 15) is 118 Å². The fourth-order valence-electron chi connectivity index (χ4n) is 16.2. The molecule has 1 saturated heterocycles. The summed E-state index contributed by atoms with van der Waals surface area (Å²) in [7, 11) is 0. The van der Waals surface area contributed by atoms with Crippen LogP contribution in [0.25, 0.3) is 21.8 Å². The monoisotopic (exact) mass is 1970 g/mol. The zero-order valence-corrected chi connectivity index (χ0v) is 78.4. The number of aliphatic hydroxyl groups is 8. The standard InChI is InChI=1S/C91H127N19O26S2/c1-5-7-20-59(96-82(126)65(39-112)102-84(128)67(41-114)104-86(130)68(42-115)105-85(129)66(40-113)103-83(127)64(38-111)100-76(120)52-32-56-55-19-15-23-58-73(55)51(36-94-58)34-72(56)110(37-52)29-6-2)77(121)97-62(31-49-24-26-53(119)27-25-49)80(124)101-69(43-116)87(131)106-70(44-137)88(132)98-61(30-48-16-9-8-10-17-48)79(123)99-63(33-50-35-93-57-21-12-11-18-54(50)57)81(125)95-60(22-13-14-28-92)78(122)108-74(46(3)117)90(134)107-71(45-138)89(133)109-75(47(4)118)91(135)136/h8-12,15-19,21,23-27,35-36,46-47,52,56,59-72,74-75,93-94,111-119,137-138H,5-7,13-14,20,22,28-34,37-45,92H2,1-4H3,(H,95,125)(H,96,126)(H,97,121)(H,98,132)(H,99,123)(H,100,120)(H,101,124)(H,102,128)(H,103,127)(H,104,130)(H,105,129)(H,106,131)(H,107,134)(H,108,122)(H,109,133)(H,135,136)/t46-,47-,52-,56?,59+,60+,61+,62-,63-,64-,65-,66-,67-,68-,69-,70+,71+,72?,74+,75+/m1/s1. The molecule has 3 heterocycles. The highest BCUT2D eigenvalue weighted by Crippen LogP contribution is 2.45. The van der Waals surface area contributed by atoms with Crippen LogP contribution in [0.2, 0.25) is 0 Å². The number of aromatic nitrogens is 2. The number of hydrogen-bond acceptors (Lipinski definition) is 29. The van der Waals surface area contributed by atoms with Crippen LogP contribution in [0, 0.1) is 5.92 Å². The van der Waals surface area contributed by atoms with E-state index < -0.39 is 261 Å². The number of carbonyl (C=O) groups excluding carboxylic acids is 15. The van der Waals surface area contributed by atoms with Gasteiger partial charge in [-0.05, 0) is 124 Å². The topological polar surface area (TPSA) is 717 Å². The van der Waals surface area contributed by atoms with Crippen molar-refractivity contribution in [2.75, 3.05) is 70.8 Å². The number of carboxylic acids is 1. The van der Waals surface area contributed by atoms with Crippen LogP contribution in [-0.2, 0) is 102 Å². The Balaban J connectivity index is 0.910. The number of benzene rings is 4. The average Bonchev–Trinajstić information content (AvgIpc) is 1.49. The third-order valence-corrected chi connectivity index (χ3v) is 24.5. The first-order chi connectivity index (χ1) is 66.0. The van der Waals surface area contributed by atoms with Crippen LogP contribution in [0.1, 0.15) is 113 Å². The van der Waals surface area contributed by atoms with E-state index in [1.165, 1.54) is 29.8 Å². The van der Waals surface area contributed by atoms with Gasteiger partial charge in [0.05, 0.1) is 57.8 Å². The number of unbranched alkanes of at least 4 members (excludes halogenated alkanes) is 2. The number of nitrogens with one attached hydrogen (secondary N) is 17. The molecular weight excluding hydrogens is 1840 g/mol. The highest BCUT2D eigenvalue weighted by Gasteiger charge is 2.45. The molecule has 29 N–H and O–H groups in total. The maximum Gasteiger partial charge on any atom is 0.328 e. The van der Waals surface area contributed by atoms with Gasteiger partial charge in [-0.3, -0.25) is 76.8 Å². The van der Waals surface area contributed by atoms with Crippen molar-refractivity contribution in [2.45, 2.75) is 220 Å². The maximum atomic E-state index is 15.1. The molecule has 45 nitrogen and oxygen atoms in total. The minimum Gasteiger partial charge on any atom is -0.508 e. The van der Waals surface area contributed by atoms with Crippen molar-refractivity contribution in [3.63, 3.8) is 0 Å². The fraction of sp³-hybridized carbons (Fsp3) is 0.516. The van der Waals surface area contributed by atoms with E-state index in [0.717, 1.165) is 43.2 Å². The molecule has 1 aliphatic heterocycles. The van der Waals surface area contributed by atoms with Crippen molar-refractivity contribution >= 4 is 142 Å². The molecule has 2 aromatic heterocycles. The van der Waals surface area contributed by atoms with E-state index in [4.69, 9.17) is 5.73 Å². The van der Waals surface area contributed by atoms with Crippen LogP contribution in [0.15, 0.2) is 109 Å². The van der Waals surface area contributed by atoms with Gasteiger partial charge in [0.15, 0.2) is 6.04 Å². The molecule has 4 aromatic carbocycles. The maximum absolute atomic E-state index is 15.1. The Kier molecular flexibility index (Phi) is 43.9. The van der Waals surface area contributed by atoms with Crippen LogP contribution < -0.4 is 85.5 Å². The highest BCUT2D eigenvalue weighted by molar-refractivity contribution is 7.80. The van der Waals surface area contributed by atoms with E-state index in [1.54, 1.807) is 67.7 Å². The number of aliphatic hydroxyl groups excluding tert-OH is 8. The molecule has 1 fully saturated rings. The number of carboxylic acid groups (broad SMARTS) is 1. The average molecular weight is 1970 g/mol. The van der Waals surface area contributed by atoms with Crippen molar-refractivity contribution in [3.8, 4) is 5.75 Å². The van der Waals surface area contributed by atoms with E-state index >= 15 is 9.59 Å². The molecule has 754 valence electrons. The predicted octanol–water partition coefficient (Wildman–Crippen LogP) is -6.93. The number of thiol groups is 2. The molecule has 47 heteroatoms. The van der Waals surface area contributed by atoms with Crippen LogP contribution in [-0.4, -0.2) is 340 Å². The number of aliphatic carboxylic acids is 1. The van der Waals surface area contributed by atoms with Crippen molar-refractivity contribution in [2.24, 2.45) is 11.7 Å². The summed E-state index contributed by atoms with van der Waals surface area (Å²) in [6.07, 6.45) is 2.07. The number of phenols is 1. The molecule has 6 aromatic rings. The molecule has 2 aliphatic rings. The minimum absolute atomic E-state index is 0.0422. The summed E-state index contributed by atoms with van der Waals surface area (Å²) >= 11 is 8.43. The molecule has 20 atom stereocenters. The molecule has 138 heavy (non-hydrogen) atoms. The Morgan fingerprint density at radius 3 is 1.28 bits per heavy atom.